The second kappa shape index (κ2) is 8.08. The molecule has 0 rings (SSSR count). The topological polar surface area (TPSA) is 18.5 Å². The zero-order valence-corrected chi connectivity index (χ0v) is 12.0. The smallest absolute Gasteiger partial charge is 0.0543 e. The third kappa shape index (κ3) is 4.84. The maximum atomic E-state index is 5.41. The van der Waals surface area contributed by atoms with Gasteiger partial charge < -0.3 is 9.47 Å². The van der Waals surface area contributed by atoms with E-state index >= 15 is 0 Å². The van der Waals surface area contributed by atoms with E-state index in [1.807, 2.05) is 0 Å². The molecular formula is C14H30O2. The summed E-state index contributed by atoms with van der Waals surface area (Å²) in [5.41, 5.74) is 0.187. The SMILES string of the molecule is CCC(C)CCC(COC)(COC)C(C)C. The highest BCUT2D eigenvalue weighted by atomic mass is 16.5. The first kappa shape index (κ1) is 15.9. The Morgan fingerprint density at radius 3 is 1.81 bits per heavy atom. The van der Waals surface area contributed by atoms with Crippen LogP contribution in [0.4, 0.5) is 0 Å². The number of hydrogen-bond acceptors (Lipinski definition) is 2. The summed E-state index contributed by atoms with van der Waals surface area (Å²) in [5, 5.41) is 0. The highest BCUT2D eigenvalue weighted by Gasteiger charge is 2.33. The number of methoxy groups -OCH3 is 2. The maximum Gasteiger partial charge on any atom is 0.0543 e. The average Bonchev–Trinajstić information content (AvgIpc) is 2.25. The summed E-state index contributed by atoms with van der Waals surface area (Å²) in [6, 6.07) is 0. The summed E-state index contributed by atoms with van der Waals surface area (Å²) >= 11 is 0. The van der Waals surface area contributed by atoms with E-state index in [0.29, 0.717) is 5.92 Å². The standard InChI is InChI=1S/C14H30O2/c1-7-13(4)8-9-14(10-15-5,11-16-6)12(2)3/h12-13H,7-11H2,1-6H3. The Labute approximate surface area is 102 Å². The fourth-order valence-corrected chi connectivity index (χ4v) is 2.12. The Bertz CT molecular complexity index is 160. The van der Waals surface area contributed by atoms with E-state index in [1.54, 1.807) is 14.2 Å². The third-order valence-corrected chi connectivity index (χ3v) is 3.92. The first-order valence-electron chi connectivity index (χ1n) is 6.50. The molecule has 0 heterocycles. The Hall–Kier alpha value is -0.0800. The molecule has 16 heavy (non-hydrogen) atoms. The molecule has 0 N–H and O–H groups in total. The molecule has 0 amide bonds. The molecule has 98 valence electrons. The van der Waals surface area contributed by atoms with Crippen LogP contribution in [-0.4, -0.2) is 27.4 Å². The van der Waals surface area contributed by atoms with Crippen molar-refractivity contribution < 1.29 is 9.47 Å². The van der Waals surface area contributed by atoms with E-state index in [9.17, 15) is 0 Å². The molecule has 0 aliphatic rings. The molecule has 0 aromatic rings. The summed E-state index contributed by atoms with van der Waals surface area (Å²) in [6.07, 6.45) is 3.72. The molecule has 2 nitrogen and oxygen atoms in total. The van der Waals surface area contributed by atoms with Crippen molar-refractivity contribution in [1.29, 1.82) is 0 Å². The van der Waals surface area contributed by atoms with Crippen LogP contribution in [0, 0.1) is 17.3 Å². The van der Waals surface area contributed by atoms with Crippen LogP contribution in [-0.2, 0) is 9.47 Å². The minimum atomic E-state index is 0.187. The molecule has 0 aromatic carbocycles. The largest absolute Gasteiger partial charge is 0.384 e. The van der Waals surface area contributed by atoms with Crippen molar-refractivity contribution in [1.82, 2.24) is 0 Å². The minimum absolute atomic E-state index is 0.187. The van der Waals surface area contributed by atoms with E-state index in [4.69, 9.17) is 9.47 Å². The minimum Gasteiger partial charge on any atom is -0.384 e. The predicted molar refractivity (Wildman–Crippen MR) is 69.7 cm³/mol. The monoisotopic (exact) mass is 230 g/mol. The Kier molecular flexibility index (Phi) is 8.04. The van der Waals surface area contributed by atoms with E-state index in [2.05, 4.69) is 27.7 Å². The van der Waals surface area contributed by atoms with E-state index in [0.717, 1.165) is 19.1 Å². The summed E-state index contributed by atoms with van der Waals surface area (Å²) in [6.45, 7) is 10.7. The van der Waals surface area contributed by atoms with Crippen molar-refractivity contribution in [2.75, 3.05) is 27.4 Å². The van der Waals surface area contributed by atoms with Gasteiger partial charge in [0.25, 0.3) is 0 Å². The van der Waals surface area contributed by atoms with Gasteiger partial charge >= 0.3 is 0 Å². The second-order valence-corrected chi connectivity index (χ2v) is 5.44. The highest BCUT2D eigenvalue weighted by Crippen LogP contribution is 2.35. The van der Waals surface area contributed by atoms with Crippen LogP contribution >= 0.6 is 0 Å². The third-order valence-electron chi connectivity index (χ3n) is 3.92. The molecule has 0 radical (unpaired) electrons. The Morgan fingerprint density at radius 2 is 1.50 bits per heavy atom. The van der Waals surface area contributed by atoms with Crippen molar-refractivity contribution in [3.8, 4) is 0 Å². The van der Waals surface area contributed by atoms with Crippen LogP contribution in [0.15, 0.2) is 0 Å². The zero-order valence-electron chi connectivity index (χ0n) is 12.0. The highest BCUT2D eigenvalue weighted by molar-refractivity contribution is 4.83. The molecular weight excluding hydrogens is 200 g/mol. The molecule has 0 saturated carbocycles. The molecule has 0 bridgehead atoms. The quantitative estimate of drug-likeness (QED) is 0.600. The lowest BCUT2D eigenvalue weighted by atomic mass is 9.73. The van der Waals surface area contributed by atoms with Crippen molar-refractivity contribution in [2.24, 2.45) is 17.3 Å². The Balaban J connectivity index is 4.47. The number of ether oxygens (including phenoxy) is 2. The van der Waals surface area contributed by atoms with Crippen LogP contribution in [0.3, 0.4) is 0 Å². The van der Waals surface area contributed by atoms with Crippen molar-refractivity contribution in [3.05, 3.63) is 0 Å². The first-order chi connectivity index (χ1) is 7.52. The van der Waals surface area contributed by atoms with Gasteiger partial charge in [-0.2, -0.15) is 0 Å². The molecule has 0 aliphatic heterocycles. The van der Waals surface area contributed by atoms with Crippen LogP contribution in [0.2, 0.25) is 0 Å². The number of hydrogen-bond donors (Lipinski definition) is 0. The Morgan fingerprint density at radius 1 is 1.00 bits per heavy atom. The van der Waals surface area contributed by atoms with E-state index in [1.165, 1.54) is 19.3 Å². The molecule has 0 saturated heterocycles. The summed E-state index contributed by atoms with van der Waals surface area (Å²) in [7, 11) is 3.58. The predicted octanol–water partition coefficient (Wildman–Crippen LogP) is 3.75. The second-order valence-electron chi connectivity index (χ2n) is 5.44. The van der Waals surface area contributed by atoms with Gasteiger partial charge in [-0.15, -0.1) is 0 Å². The first-order valence-corrected chi connectivity index (χ1v) is 6.50. The fraction of sp³-hybridized carbons (Fsp3) is 1.00. The molecule has 2 heteroatoms. The van der Waals surface area contributed by atoms with Gasteiger partial charge in [-0.3, -0.25) is 0 Å². The molecule has 1 atom stereocenters. The molecule has 0 spiro atoms. The van der Waals surface area contributed by atoms with Crippen LogP contribution in [0.25, 0.3) is 0 Å². The van der Waals surface area contributed by atoms with Gasteiger partial charge in [0.1, 0.15) is 0 Å². The van der Waals surface area contributed by atoms with Gasteiger partial charge in [-0.1, -0.05) is 40.5 Å². The summed E-state index contributed by atoms with van der Waals surface area (Å²) < 4.78 is 10.8. The summed E-state index contributed by atoms with van der Waals surface area (Å²) in [5.74, 6) is 1.39. The lowest BCUT2D eigenvalue weighted by Crippen LogP contribution is -2.37. The number of rotatable bonds is 9. The van der Waals surface area contributed by atoms with Crippen molar-refractivity contribution in [2.45, 2.75) is 47.0 Å². The normalized spacial score (nSPS) is 14.4. The lowest BCUT2D eigenvalue weighted by molar-refractivity contribution is -0.0294. The van der Waals surface area contributed by atoms with Crippen LogP contribution in [0.1, 0.15) is 47.0 Å². The molecule has 1 unspecified atom stereocenters. The van der Waals surface area contributed by atoms with Gasteiger partial charge in [-0.05, 0) is 18.3 Å². The average molecular weight is 230 g/mol. The van der Waals surface area contributed by atoms with Crippen LogP contribution in [0.5, 0.6) is 0 Å². The van der Waals surface area contributed by atoms with E-state index in [-0.39, 0.29) is 5.41 Å². The van der Waals surface area contributed by atoms with Gasteiger partial charge in [0.05, 0.1) is 13.2 Å². The zero-order chi connectivity index (χ0) is 12.6. The van der Waals surface area contributed by atoms with E-state index < -0.39 is 0 Å². The van der Waals surface area contributed by atoms with Crippen LogP contribution < -0.4 is 0 Å². The fourth-order valence-electron chi connectivity index (χ4n) is 2.12. The van der Waals surface area contributed by atoms with Crippen molar-refractivity contribution in [3.63, 3.8) is 0 Å². The summed E-state index contributed by atoms with van der Waals surface area (Å²) in [4.78, 5) is 0. The van der Waals surface area contributed by atoms with Gasteiger partial charge in [0.2, 0.25) is 0 Å². The van der Waals surface area contributed by atoms with Gasteiger partial charge in [0.15, 0.2) is 0 Å². The maximum absolute atomic E-state index is 5.41. The van der Waals surface area contributed by atoms with Gasteiger partial charge in [-0.25, -0.2) is 0 Å². The van der Waals surface area contributed by atoms with Gasteiger partial charge in [0, 0.05) is 19.6 Å². The molecule has 0 aliphatic carbocycles. The molecule has 0 aromatic heterocycles. The molecule has 0 fully saturated rings. The lowest BCUT2D eigenvalue weighted by Gasteiger charge is -2.37. The van der Waals surface area contributed by atoms with Crippen molar-refractivity contribution >= 4 is 0 Å².